The van der Waals surface area contributed by atoms with Crippen LogP contribution in [-0.4, -0.2) is 19.6 Å². The Balaban J connectivity index is 4.45. The van der Waals surface area contributed by atoms with E-state index in [9.17, 15) is 17.6 Å². The summed E-state index contributed by atoms with van der Waals surface area (Å²) in [7, 11) is 0.611. The summed E-state index contributed by atoms with van der Waals surface area (Å²) in [6, 6.07) is 0. The van der Waals surface area contributed by atoms with Crippen LogP contribution in [0.25, 0.3) is 0 Å². The predicted octanol–water partition coefficient (Wildman–Crippen LogP) is 2.53. The van der Waals surface area contributed by atoms with Crippen molar-refractivity contribution in [2.75, 3.05) is 0 Å². The molecule has 0 rings (SSSR count). The fourth-order valence-corrected chi connectivity index (χ4v) is 1.21. The van der Waals surface area contributed by atoms with E-state index in [1.165, 1.54) is 6.92 Å². The summed E-state index contributed by atoms with van der Waals surface area (Å²) in [5.74, 6) is -0.917. The van der Waals surface area contributed by atoms with E-state index in [-0.39, 0.29) is 12.3 Å². The van der Waals surface area contributed by atoms with E-state index in [1.54, 1.807) is 13.8 Å². The molecule has 0 saturated carbocycles. The fraction of sp³-hybridized carbons (Fsp3) is 1.00. The monoisotopic (exact) mass is 198 g/mol. The molecule has 5 heteroatoms. The fourth-order valence-electron chi connectivity index (χ4n) is 1.21. The molecule has 0 fully saturated rings. The minimum atomic E-state index is -4.76. The van der Waals surface area contributed by atoms with Gasteiger partial charge in [0.2, 0.25) is 0 Å². The lowest BCUT2D eigenvalue weighted by Crippen LogP contribution is -2.47. The second-order valence-electron chi connectivity index (χ2n) is 4.10. The van der Waals surface area contributed by atoms with Crippen molar-refractivity contribution < 1.29 is 17.6 Å². The van der Waals surface area contributed by atoms with Gasteiger partial charge in [-0.15, -0.1) is 0 Å². The van der Waals surface area contributed by atoms with Gasteiger partial charge in [-0.1, -0.05) is 20.8 Å². The number of alkyl halides is 4. The van der Waals surface area contributed by atoms with Crippen LogP contribution in [0, 0.1) is 11.8 Å². The highest BCUT2D eigenvalue weighted by atomic mass is 19.4. The molecule has 0 aromatic rings. The largest absolute Gasteiger partial charge is 0.414 e. The second-order valence-corrected chi connectivity index (χ2v) is 4.10. The van der Waals surface area contributed by atoms with Crippen LogP contribution in [0.4, 0.5) is 17.6 Å². The Labute approximate surface area is 77.1 Å². The van der Waals surface area contributed by atoms with E-state index in [0.717, 1.165) is 0 Å². The van der Waals surface area contributed by atoms with Gasteiger partial charge in [0.05, 0.1) is 0 Å². The number of halogens is 4. The summed E-state index contributed by atoms with van der Waals surface area (Å²) >= 11 is 0. The van der Waals surface area contributed by atoms with Crippen LogP contribution in [-0.2, 0) is 0 Å². The molecule has 0 radical (unpaired) electrons. The summed E-state index contributed by atoms with van der Waals surface area (Å²) in [6.07, 6.45) is -4.52. The van der Waals surface area contributed by atoms with Crippen molar-refractivity contribution in [3.63, 3.8) is 0 Å². The first-order valence-corrected chi connectivity index (χ1v) is 4.34. The first-order chi connectivity index (χ1) is 5.59. The second kappa shape index (κ2) is 3.88. The van der Waals surface area contributed by atoms with Gasteiger partial charge < -0.3 is 0 Å². The van der Waals surface area contributed by atoms with E-state index < -0.39 is 17.7 Å². The van der Waals surface area contributed by atoms with Crippen molar-refractivity contribution >= 4 is 7.85 Å². The molecule has 0 saturated heterocycles. The molecular weight excluding hydrogens is 183 g/mol. The van der Waals surface area contributed by atoms with Crippen LogP contribution in [0.1, 0.15) is 27.2 Å². The Morgan fingerprint density at radius 3 is 1.69 bits per heavy atom. The number of hydrogen-bond acceptors (Lipinski definition) is 0. The molecular formula is C8H15BF4. The topological polar surface area (TPSA) is 0 Å². The predicted molar refractivity (Wildman–Crippen MR) is 47.1 cm³/mol. The van der Waals surface area contributed by atoms with E-state index in [4.69, 9.17) is 0 Å². The molecule has 78 valence electrons. The van der Waals surface area contributed by atoms with E-state index in [1.807, 2.05) is 0 Å². The minimum absolute atomic E-state index is 0.0763. The van der Waals surface area contributed by atoms with Crippen LogP contribution in [0.5, 0.6) is 0 Å². The standard InChI is InChI=1S/C8H15BF4/c1-5(2)4-6(3)7(9,10)8(11,12)13/h5-6H,4,9H2,1-3H3. The highest BCUT2D eigenvalue weighted by molar-refractivity contribution is 6.15. The van der Waals surface area contributed by atoms with Gasteiger partial charge >= 0.3 is 6.18 Å². The molecule has 0 N–H and O–H groups in total. The van der Waals surface area contributed by atoms with Crippen molar-refractivity contribution in [2.45, 2.75) is 38.9 Å². The van der Waals surface area contributed by atoms with Crippen LogP contribution in [0.3, 0.4) is 0 Å². The average Bonchev–Trinajstić information content (AvgIpc) is 1.82. The van der Waals surface area contributed by atoms with Crippen molar-refractivity contribution in [2.24, 2.45) is 11.8 Å². The third kappa shape index (κ3) is 3.20. The Morgan fingerprint density at radius 2 is 1.46 bits per heavy atom. The van der Waals surface area contributed by atoms with Crippen molar-refractivity contribution in [1.29, 1.82) is 0 Å². The molecule has 0 nitrogen and oxygen atoms in total. The van der Waals surface area contributed by atoms with E-state index >= 15 is 0 Å². The molecule has 0 aromatic carbocycles. The Morgan fingerprint density at radius 1 is 1.08 bits per heavy atom. The van der Waals surface area contributed by atoms with Gasteiger partial charge in [-0.3, -0.25) is 0 Å². The zero-order valence-electron chi connectivity index (χ0n) is 8.37. The maximum Gasteiger partial charge on any atom is 0.414 e. The van der Waals surface area contributed by atoms with Crippen molar-refractivity contribution in [1.82, 2.24) is 0 Å². The zero-order chi connectivity index (χ0) is 10.9. The van der Waals surface area contributed by atoms with Gasteiger partial charge in [-0.25, -0.2) is 4.39 Å². The quantitative estimate of drug-likeness (QED) is 0.482. The Bertz CT molecular complexity index is 162. The van der Waals surface area contributed by atoms with Crippen LogP contribution in [0.15, 0.2) is 0 Å². The van der Waals surface area contributed by atoms with Crippen LogP contribution >= 0.6 is 0 Å². The lowest BCUT2D eigenvalue weighted by atomic mass is 9.70. The first kappa shape index (κ1) is 12.8. The van der Waals surface area contributed by atoms with Crippen LogP contribution in [0.2, 0.25) is 0 Å². The smallest absolute Gasteiger partial charge is 0.244 e. The molecule has 0 amide bonds. The highest BCUT2D eigenvalue weighted by Gasteiger charge is 2.54. The average molecular weight is 198 g/mol. The maximum atomic E-state index is 13.2. The third-order valence-electron chi connectivity index (χ3n) is 2.30. The van der Waals surface area contributed by atoms with Gasteiger partial charge in [-0.2, -0.15) is 13.2 Å². The highest BCUT2D eigenvalue weighted by Crippen LogP contribution is 2.39. The van der Waals surface area contributed by atoms with Crippen molar-refractivity contribution in [3.8, 4) is 0 Å². The first-order valence-electron chi connectivity index (χ1n) is 4.34. The van der Waals surface area contributed by atoms with Gasteiger partial charge in [0.25, 0.3) is 0 Å². The summed E-state index contributed by atoms with van der Waals surface area (Å²) in [5, 5.41) is 0. The molecule has 2 unspecified atom stereocenters. The third-order valence-corrected chi connectivity index (χ3v) is 2.30. The summed E-state index contributed by atoms with van der Waals surface area (Å²) < 4.78 is 49.7. The maximum absolute atomic E-state index is 13.2. The zero-order valence-corrected chi connectivity index (χ0v) is 8.37. The number of hydrogen-bond donors (Lipinski definition) is 0. The molecule has 0 aliphatic carbocycles. The van der Waals surface area contributed by atoms with Gasteiger partial charge in [0.1, 0.15) is 0 Å². The molecule has 0 bridgehead atoms. The molecule has 2 atom stereocenters. The van der Waals surface area contributed by atoms with Gasteiger partial charge in [-0.05, 0) is 18.3 Å². The molecule has 0 heterocycles. The summed E-state index contributed by atoms with van der Waals surface area (Å²) in [4.78, 5) is 0. The van der Waals surface area contributed by atoms with E-state index in [0.29, 0.717) is 7.85 Å². The SMILES string of the molecule is BC(F)(C(C)CC(C)C)C(F)(F)F. The lowest BCUT2D eigenvalue weighted by Gasteiger charge is -2.31. The van der Waals surface area contributed by atoms with Crippen LogP contribution < -0.4 is 0 Å². The van der Waals surface area contributed by atoms with Crippen molar-refractivity contribution in [3.05, 3.63) is 0 Å². The lowest BCUT2D eigenvalue weighted by molar-refractivity contribution is -0.213. The van der Waals surface area contributed by atoms with E-state index in [2.05, 4.69) is 0 Å². The molecule has 0 aliphatic rings. The molecule has 13 heavy (non-hydrogen) atoms. The normalized spacial score (nSPS) is 20.0. The molecule has 0 aliphatic heterocycles. The Kier molecular flexibility index (Phi) is 3.82. The molecule has 0 spiro atoms. The van der Waals surface area contributed by atoms with Gasteiger partial charge in [0, 0.05) is 0 Å². The Hall–Kier alpha value is -0.215. The summed E-state index contributed by atoms with van der Waals surface area (Å²) in [5.41, 5.74) is -3.07. The minimum Gasteiger partial charge on any atom is -0.244 e. The molecule has 0 aromatic heterocycles. The summed E-state index contributed by atoms with van der Waals surface area (Å²) in [6.45, 7) is 4.86. The number of rotatable bonds is 3. The van der Waals surface area contributed by atoms with Gasteiger partial charge in [0.15, 0.2) is 13.4 Å².